The Morgan fingerprint density at radius 2 is 2.41 bits per heavy atom. The number of hydrogen-bond donors (Lipinski definition) is 1. The molecule has 1 fully saturated rings. The molecule has 1 aliphatic rings. The maximum absolute atomic E-state index is 11.6. The zero-order valence-electron chi connectivity index (χ0n) is 9.50. The zero-order chi connectivity index (χ0) is 13.0. The van der Waals surface area contributed by atoms with Crippen LogP contribution in [0.5, 0.6) is 0 Å². The Balaban J connectivity index is 2.57. The van der Waals surface area contributed by atoms with Crippen molar-refractivity contribution in [1.29, 1.82) is 0 Å². The molecule has 1 rings (SSSR count). The molecule has 8 nitrogen and oxygen atoms in total. The Bertz CT molecular complexity index is 333. The number of amides is 2. The third-order valence-electron chi connectivity index (χ3n) is 2.75. The predicted octanol–water partition coefficient (Wildman–Crippen LogP) is -0.693. The monoisotopic (exact) mass is 245 g/mol. The summed E-state index contributed by atoms with van der Waals surface area (Å²) < 4.78 is 0. The normalized spacial score (nSPS) is 21.4. The van der Waals surface area contributed by atoms with Crippen LogP contribution in [0.25, 0.3) is 0 Å². The van der Waals surface area contributed by atoms with Crippen LogP contribution in [0.1, 0.15) is 19.8 Å². The minimum atomic E-state index is -0.890. The van der Waals surface area contributed by atoms with Gasteiger partial charge in [0.25, 0.3) is 5.09 Å². The summed E-state index contributed by atoms with van der Waals surface area (Å²) in [5.41, 5.74) is 5.18. The number of rotatable bonds is 6. The van der Waals surface area contributed by atoms with Gasteiger partial charge in [-0.25, -0.2) is 0 Å². The minimum Gasteiger partial charge on any atom is -0.368 e. The highest BCUT2D eigenvalue weighted by atomic mass is 16.9. The van der Waals surface area contributed by atoms with Crippen molar-refractivity contribution in [2.45, 2.75) is 25.8 Å². The summed E-state index contributed by atoms with van der Waals surface area (Å²) in [7, 11) is 0. The average Bonchev–Trinajstić information content (AvgIpc) is 2.58. The van der Waals surface area contributed by atoms with Gasteiger partial charge >= 0.3 is 0 Å². The van der Waals surface area contributed by atoms with E-state index >= 15 is 0 Å². The van der Waals surface area contributed by atoms with Crippen LogP contribution in [0.3, 0.4) is 0 Å². The molecule has 0 aliphatic carbocycles. The van der Waals surface area contributed by atoms with E-state index in [9.17, 15) is 19.7 Å². The molecule has 0 aromatic heterocycles. The summed E-state index contributed by atoms with van der Waals surface area (Å²) in [5, 5.41) is 9.14. The van der Waals surface area contributed by atoms with E-state index in [2.05, 4.69) is 4.84 Å². The van der Waals surface area contributed by atoms with Gasteiger partial charge in [0.1, 0.15) is 12.6 Å². The fourth-order valence-electron chi connectivity index (χ4n) is 1.96. The standard InChI is InChI=1S/C9H15N3O5/c1-2-7(9(10)14)11-4-6(3-8(11)13)5-17-12(15)16/h6-7H,2-5H2,1H3,(H2,10,14). The summed E-state index contributed by atoms with van der Waals surface area (Å²) in [6, 6.07) is -0.636. The maximum Gasteiger partial charge on any atom is 0.294 e. The molecule has 0 spiro atoms. The summed E-state index contributed by atoms with van der Waals surface area (Å²) in [5.74, 6) is -1.04. The van der Waals surface area contributed by atoms with Gasteiger partial charge in [0.15, 0.2) is 0 Å². The Hall–Kier alpha value is -1.86. The lowest BCUT2D eigenvalue weighted by molar-refractivity contribution is -0.759. The van der Waals surface area contributed by atoms with Crippen molar-refractivity contribution in [3.63, 3.8) is 0 Å². The van der Waals surface area contributed by atoms with Crippen LogP contribution in [-0.4, -0.2) is 41.0 Å². The van der Waals surface area contributed by atoms with Crippen molar-refractivity contribution >= 4 is 11.8 Å². The van der Waals surface area contributed by atoms with E-state index in [1.54, 1.807) is 6.92 Å². The van der Waals surface area contributed by atoms with Crippen LogP contribution in [0.4, 0.5) is 0 Å². The second-order valence-corrected chi connectivity index (χ2v) is 3.96. The Morgan fingerprint density at radius 3 is 2.88 bits per heavy atom. The maximum atomic E-state index is 11.6. The van der Waals surface area contributed by atoms with E-state index in [0.29, 0.717) is 6.42 Å². The van der Waals surface area contributed by atoms with Gasteiger partial charge in [-0.2, -0.15) is 0 Å². The lowest BCUT2D eigenvalue weighted by atomic mass is 10.1. The molecule has 2 N–H and O–H groups in total. The number of nitrogens with two attached hydrogens (primary N) is 1. The molecule has 0 aromatic carbocycles. The highest BCUT2D eigenvalue weighted by molar-refractivity contribution is 5.87. The fraction of sp³-hybridized carbons (Fsp3) is 0.778. The molecule has 0 bridgehead atoms. The van der Waals surface area contributed by atoms with Gasteiger partial charge in [-0.1, -0.05) is 6.92 Å². The molecule has 2 unspecified atom stereocenters. The third kappa shape index (κ3) is 3.30. The zero-order valence-corrected chi connectivity index (χ0v) is 9.50. The van der Waals surface area contributed by atoms with Gasteiger partial charge in [-0.15, -0.1) is 10.1 Å². The molecule has 2 atom stereocenters. The molecule has 0 aromatic rings. The van der Waals surface area contributed by atoms with E-state index in [0.717, 1.165) is 0 Å². The summed E-state index contributed by atoms with van der Waals surface area (Å²) in [6.07, 6.45) is 0.585. The largest absolute Gasteiger partial charge is 0.368 e. The van der Waals surface area contributed by atoms with Gasteiger partial charge in [-0.3, -0.25) is 9.59 Å². The number of carbonyl (C=O) groups is 2. The Morgan fingerprint density at radius 1 is 1.76 bits per heavy atom. The fourth-order valence-corrected chi connectivity index (χ4v) is 1.96. The second-order valence-electron chi connectivity index (χ2n) is 3.96. The van der Waals surface area contributed by atoms with Gasteiger partial charge in [-0.05, 0) is 6.42 Å². The highest BCUT2D eigenvalue weighted by Crippen LogP contribution is 2.21. The molecular weight excluding hydrogens is 230 g/mol. The summed E-state index contributed by atoms with van der Waals surface area (Å²) in [4.78, 5) is 38.4. The van der Waals surface area contributed by atoms with Gasteiger partial charge in [0.2, 0.25) is 11.8 Å². The van der Waals surface area contributed by atoms with Gasteiger partial charge in [0, 0.05) is 18.9 Å². The first kappa shape index (κ1) is 13.2. The quantitative estimate of drug-likeness (QED) is 0.491. The number of hydrogen-bond acceptors (Lipinski definition) is 5. The van der Waals surface area contributed by atoms with Crippen LogP contribution >= 0.6 is 0 Å². The van der Waals surface area contributed by atoms with E-state index in [1.807, 2.05) is 0 Å². The first-order valence-electron chi connectivity index (χ1n) is 5.31. The van der Waals surface area contributed by atoms with Crippen molar-refractivity contribution < 1.29 is 19.5 Å². The minimum absolute atomic E-state index is 0.134. The third-order valence-corrected chi connectivity index (χ3v) is 2.75. The first-order chi connectivity index (χ1) is 7.95. The molecular formula is C9H15N3O5. The SMILES string of the molecule is CCC(C(N)=O)N1CC(CO[N+](=O)[O-])CC1=O. The van der Waals surface area contributed by atoms with Crippen LogP contribution in [-0.2, 0) is 14.4 Å². The predicted molar refractivity (Wildman–Crippen MR) is 56.0 cm³/mol. The molecule has 1 aliphatic heterocycles. The lowest BCUT2D eigenvalue weighted by Gasteiger charge is -2.24. The van der Waals surface area contributed by atoms with Crippen molar-refractivity contribution in [2.24, 2.45) is 11.7 Å². The van der Waals surface area contributed by atoms with Crippen molar-refractivity contribution in [2.75, 3.05) is 13.2 Å². The van der Waals surface area contributed by atoms with E-state index in [-0.39, 0.29) is 31.4 Å². The van der Waals surface area contributed by atoms with E-state index in [4.69, 9.17) is 5.73 Å². The van der Waals surface area contributed by atoms with Crippen LogP contribution < -0.4 is 5.73 Å². The number of carbonyl (C=O) groups excluding carboxylic acids is 2. The van der Waals surface area contributed by atoms with E-state index in [1.165, 1.54) is 4.90 Å². The van der Waals surface area contributed by atoms with Crippen LogP contribution in [0.15, 0.2) is 0 Å². The van der Waals surface area contributed by atoms with Crippen LogP contribution in [0.2, 0.25) is 0 Å². The molecule has 1 saturated heterocycles. The topological polar surface area (TPSA) is 116 Å². The van der Waals surface area contributed by atoms with Gasteiger partial charge < -0.3 is 15.5 Å². The van der Waals surface area contributed by atoms with Crippen molar-refractivity contribution in [1.82, 2.24) is 4.90 Å². The van der Waals surface area contributed by atoms with Gasteiger partial charge in [0.05, 0.1) is 0 Å². The Labute approximate surface area is 97.8 Å². The molecule has 17 heavy (non-hydrogen) atoms. The molecule has 1 heterocycles. The number of likely N-dealkylation sites (tertiary alicyclic amines) is 1. The molecule has 0 radical (unpaired) electrons. The first-order valence-corrected chi connectivity index (χ1v) is 5.31. The number of primary amides is 1. The molecule has 8 heteroatoms. The van der Waals surface area contributed by atoms with Crippen molar-refractivity contribution in [3.8, 4) is 0 Å². The smallest absolute Gasteiger partial charge is 0.294 e. The number of nitrogens with zero attached hydrogens (tertiary/aromatic N) is 2. The molecule has 96 valence electrons. The van der Waals surface area contributed by atoms with E-state index < -0.39 is 17.0 Å². The summed E-state index contributed by atoms with van der Waals surface area (Å²) >= 11 is 0. The van der Waals surface area contributed by atoms with Crippen molar-refractivity contribution in [3.05, 3.63) is 10.1 Å². The molecule has 2 amide bonds. The Kier molecular flexibility index (Phi) is 4.24. The van der Waals surface area contributed by atoms with Crippen LogP contribution in [0, 0.1) is 16.0 Å². The average molecular weight is 245 g/mol. The molecule has 0 saturated carbocycles. The second kappa shape index (κ2) is 5.46. The highest BCUT2D eigenvalue weighted by Gasteiger charge is 2.36. The lowest BCUT2D eigenvalue weighted by Crippen LogP contribution is -2.45. The summed E-state index contributed by atoms with van der Waals surface area (Å²) in [6.45, 7) is 1.89.